The second kappa shape index (κ2) is 12.5. The third-order valence-electron chi connectivity index (χ3n) is 6.00. The summed E-state index contributed by atoms with van der Waals surface area (Å²) in [6, 6.07) is 14.6. The number of hydrogen-bond donors (Lipinski definition) is 1. The van der Waals surface area contributed by atoms with Crippen LogP contribution in [0.25, 0.3) is 0 Å². The number of phenols is 1. The zero-order valence-electron chi connectivity index (χ0n) is 23.1. The normalized spacial score (nSPS) is 12.9. The lowest BCUT2D eigenvalue weighted by molar-refractivity contribution is 0.192. The van der Waals surface area contributed by atoms with E-state index in [2.05, 4.69) is 82.8 Å². The summed E-state index contributed by atoms with van der Waals surface area (Å²) in [5.74, 6) is 0.374. The number of rotatable bonds is 12. The van der Waals surface area contributed by atoms with Crippen LogP contribution in [0.1, 0.15) is 84.1 Å². The van der Waals surface area contributed by atoms with Crippen LogP contribution < -0.4 is 0 Å². The maximum absolute atomic E-state index is 13.4. The molecule has 0 aliphatic heterocycles. The molecule has 0 aliphatic rings. The Kier molecular flexibility index (Phi) is 10.6. The average Bonchev–Trinajstić information content (AvgIpc) is 2.74. The Morgan fingerprint density at radius 1 is 0.857 bits per heavy atom. The first-order chi connectivity index (χ1) is 16.3. The molecular formula is C29H46NO4P. The molecule has 2 aromatic carbocycles. The molecule has 0 atom stereocenters. The summed E-state index contributed by atoms with van der Waals surface area (Å²) in [4.78, 5) is 2.18. The van der Waals surface area contributed by atoms with Crippen molar-refractivity contribution in [1.29, 1.82) is 0 Å². The first-order valence-corrected chi connectivity index (χ1v) is 14.5. The van der Waals surface area contributed by atoms with Gasteiger partial charge in [0, 0.05) is 6.54 Å². The van der Waals surface area contributed by atoms with Crippen molar-refractivity contribution in [3.63, 3.8) is 0 Å². The Bertz CT molecular complexity index is 931. The van der Waals surface area contributed by atoms with Gasteiger partial charge >= 0.3 is 7.60 Å². The van der Waals surface area contributed by atoms with Gasteiger partial charge < -0.3 is 14.2 Å². The molecule has 196 valence electrons. The van der Waals surface area contributed by atoms with Gasteiger partial charge in [-0.25, -0.2) is 0 Å². The molecule has 2 aromatic rings. The molecule has 0 heterocycles. The molecule has 0 amide bonds. The molecule has 0 fully saturated rings. The van der Waals surface area contributed by atoms with Crippen molar-refractivity contribution in [3.8, 4) is 5.75 Å². The van der Waals surface area contributed by atoms with Crippen LogP contribution in [0.4, 0.5) is 0 Å². The van der Waals surface area contributed by atoms with Crippen LogP contribution in [0, 0.1) is 0 Å². The van der Waals surface area contributed by atoms with Crippen LogP contribution in [-0.2, 0) is 37.4 Å². The number of aryl methyl sites for hydroxylation is 1. The summed E-state index contributed by atoms with van der Waals surface area (Å²) >= 11 is 0. The minimum Gasteiger partial charge on any atom is -0.507 e. The minimum absolute atomic E-state index is 0.204. The topological polar surface area (TPSA) is 59.0 Å². The molecule has 5 nitrogen and oxygen atoms in total. The molecule has 1 N–H and O–H groups in total. The van der Waals surface area contributed by atoms with Crippen molar-refractivity contribution >= 4 is 7.60 Å². The Morgan fingerprint density at radius 3 is 1.83 bits per heavy atom. The molecule has 2 rings (SSSR count). The van der Waals surface area contributed by atoms with Crippen LogP contribution in [0.15, 0.2) is 42.5 Å². The first kappa shape index (κ1) is 29.6. The van der Waals surface area contributed by atoms with Crippen molar-refractivity contribution in [2.24, 2.45) is 0 Å². The molecular weight excluding hydrogens is 457 g/mol. The lowest BCUT2D eigenvalue weighted by Crippen LogP contribution is -2.28. The van der Waals surface area contributed by atoms with Gasteiger partial charge in [-0.2, -0.15) is 0 Å². The van der Waals surface area contributed by atoms with Gasteiger partial charge in [0.1, 0.15) is 12.0 Å². The van der Waals surface area contributed by atoms with Crippen molar-refractivity contribution < 1.29 is 18.7 Å². The van der Waals surface area contributed by atoms with E-state index in [1.165, 1.54) is 5.56 Å². The molecule has 0 unspecified atom stereocenters. The summed E-state index contributed by atoms with van der Waals surface area (Å²) in [7, 11) is -3.25. The molecule has 0 aromatic heterocycles. The second-order valence-electron chi connectivity index (χ2n) is 11.3. The van der Waals surface area contributed by atoms with E-state index in [-0.39, 0.29) is 17.1 Å². The number of phenolic OH excluding ortho intramolecular Hbond substituents is 1. The Hall–Kier alpha value is -1.65. The Labute approximate surface area is 213 Å². The molecule has 0 saturated carbocycles. The van der Waals surface area contributed by atoms with Crippen LogP contribution in [0.3, 0.4) is 0 Å². The summed E-state index contributed by atoms with van der Waals surface area (Å²) in [6.45, 7) is 18.5. The number of hydrogen-bond acceptors (Lipinski definition) is 5. The standard InChI is InChI=1S/C29H46NO4P/c1-9-33-35(32,34-10-2)22-30(18-14-17-23-15-12-11-13-16-23)21-24-19-25(28(3,4)5)27(31)26(20-24)29(6,7)8/h11-13,15-16,19-20,31H,9-10,14,17-18,21-22H2,1-8H3. The van der Waals surface area contributed by atoms with Gasteiger partial charge in [-0.1, -0.05) is 84.0 Å². The predicted octanol–water partition coefficient (Wildman–Crippen LogP) is 7.65. The molecule has 0 saturated heterocycles. The highest BCUT2D eigenvalue weighted by Gasteiger charge is 2.30. The van der Waals surface area contributed by atoms with E-state index in [0.717, 1.165) is 36.1 Å². The van der Waals surface area contributed by atoms with Crippen LogP contribution in [0.2, 0.25) is 0 Å². The SMILES string of the molecule is CCOP(=O)(CN(CCCc1ccccc1)Cc1cc(C(C)(C)C)c(O)c(C(C)(C)C)c1)OCC. The van der Waals surface area contributed by atoms with E-state index in [1.807, 2.05) is 19.9 Å². The molecule has 0 spiro atoms. The lowest BCUT2D eigenvalue weighted by Gasteiger charge is -2.30. The van der Waals surface area contributed by atoms with Crippen molar-refractivity contribution in [1.82, 2.24) is 4.90 Å². The fourth-order valence-corrected chi connectivity index (χ4v) is 6.05. The van der Waals surface area contributed by atoms with Crippen molar-refractivity contribution in [3.05, 3.63) is 64.7 Å². The Balaban J connectivity index is 2.38. The summed E-state index contributed by atoms with van der Waals surface area (Å²) in [5, 5.41) is 11.1. The molecule has 35 heavy (non-hydrogen) atoms. The van der Waals surface area contributed by atoms with Gasteiger partial charge in [0.05, 0.1) is 13.2 Å². The minimum atomic E-state index is -3.25. The first-order valence-electron chi connectivity index (χ1n) is 12.8. The lowest BCUT2D eigenvalue weighted by atomic mass is 9.78. The van der Waals surface area contributed by atoms with E-state index in [4.69, 9.17) is 9.05 Å². The fourth-order valence-electron chi connectivity index (χ4n) is 4.30. The van der Waals surface area contributed by atoms with Gasteiger partial charge in [-0.05, 0) is 66.3 Å². The van der Waals surface area contributed by atoms with Crippen LogP contribution >= 0.6 is 7.60 Å². The zero-order chi connectivity index (χ0) is 26.3. The maximum Gasteiger partial charge on any atom is 0.344 e. The van der Waals surface area contributed by atoms with Gasteiger partial charge in [-0.15, -0.1) is 0 Å². The quantitative estimate of drug-likeness (QED) is 0.302. The number of aromatic hydroxyl groups is 1. The van der Waals surface area contributed by atoms with E-state index in [9.17, 15) is 9.67 Å². The highest BCUT2D eigenvalue weighted by Crippen LogP contribution is 2.49. The van der Waals surface area contributed by atoms with E-state index >= 15 is 0 Å². The maximum atomic E-state index is 13.4. The predicted molar refractivity (Wildman–Crippen MR) is 146 cm³/mol. The highest BCUT2D eigenvalue weighted by atomic mass is 31.2. The smallest absolute Gasteiger partial charge is 0.344 e. The molecule has 0 aliphatic carbocycles. The molecule has 6 heteroatoms. The second-order valence-corrected chi connectivity index (χ2v) is 13.3. The van der Waals surface area contributed by atoms with Crippen LogP contribution in [-0.4, -0.2) is 36.1 Å². The van der Waals surface area contributed by atoms with Crippen molar-refractivity contribution in [2.45, 2.75) is 85.6 Å². The summed E-state index contributed by atoms with van der Waals surface area (Å²) < 4.78 is 24.7. The van der Waals surface area contributed by atoms with Gasteiger partial charge in [0.2, 0.25) is 0 Å². The fraction of sp³-hybridized carbons (Fsp3) is 0.586. The number of nitrogens with zero attached hydrogens (tertiary/aromatic N) is 1. The summed E-state index contributed by atoms with van der Waals surface area (Å²) in [6.07, 6.45) is 2.11. The van der Waals surface area contributed by atoms with E-state index in [1.54, 1.807) is 0 Å². The summed E-state index contributed by atoms with van der Waals surface area (Å²) in [5.41, 5.74) is 3.84. The van der Waals surface area contributed by atoms with E-state index < -0.39 is 7.60 Å². The molecule has 0 radical (unpaired) electrons. The van der Waals surface area contributed by atoms with E-state index in [0.29, 0.717) is 25.5 Å². The largest absolute Gasteiger partial charge is 0.507 e. The Morgan fingerprint density at radius 2 is 1.37 bits per heavy atom. The highest BCUT2D eigenvalue weighted by molar-refractivity contribution is 7.53. The number of benzene rings is 2. The van der Waals surface area contributed by atoms with Crippen LogP contribution in [0.5, 0.6) is 5.75 Å². The zero-order valence-corrected chi connectivity index (χ0v) is 24.0. The third kappa shape index (κ3) is 9.06. The van der Waals surface area contributed by atoms with Gasteiger partial charge in [-0.3, -0.25) is 9.46 Å². The van der Waals surface area contributed by atoms with Gasteiger partial charge in [0.25, 0.3) is 0 Å². The monoisotopic (exact) mass is 503 g/mol. The average molecular weight is 504 g/mol. The molecule has 0 bridgehead atoms. The third-order valence-corrected chi connectivity index (χ3v) is 8.05. The van der Waals surface area contributed by atoms with Gasteiger partial charge in [0.15, 0.2) is 0 Å². The van der Waals surface area contributed by atoms with Crippen molar-refractivity contribution in [2.75, 3.05) is 26.0 Å².